The summed E-state index contributed by atoms with van der Waals surface area (Å²) in [6, 6.07) is 0. The lowest BCUT2D eigenvalue weighted by molar-refractivity contribution is 0.147. The fraction of sp³-hybridized carbons (Fsp3) is 0.750. The first kappa shape index (κ1) is 12.3. The fourth-order valence-electron chi connectivity index (χ4n) is 1.14. The molecule has 1 aromatic heterocycles. The molecular weight excluding hydrogens is 214 g/mol. The van der Waals surface area contributed by atoms with Gasteiger partial charge in [0.25, 0.3) is 0 Å². The Morgan fingerprint density at radius 3 is 2.87 bits per heavy atom. The number of nitrogen functional groups attached to an aromatic ring is 1. The molecule has 15 heavy (non-hydrogen) atoms. The van der Waals surface area contributed by atoms with E-state index in [0.717, 1.165) is 31.2 Å². The third-order valence-corrected chi connectivity index (χ3v) is 2.85. The smallest absolute Gasteiger partial charge is 0.219 e. The summed E-state index contributed by atoms with van der Waals surface area (Å²) in [5, 5.41) is 9.51. The monoisotopic (exact) mass is 231 g/mol. The van der Waals surface area contributed by atoms with Crippen molar-refractivity contribution in [3.8, 4) is 0 Å². The van der Waals surface area contributed by atoms with Crippen LogP contribution in [0.5, 0.6) is 0 Å². The number of nitrogens with zero attached hydrogens (tertiary/aromatic N) is 3. The topological polar surface area (TPSA) is 76.3 Å². The third-order valence-electron chi connectivity index (χ3n) is 2.01. The van der Waals surface area contributed by atoms with E-state index in [4.69, 9.17) is 10.6 Å². The van der Waals surface area contributed by atoms with Gasteiger partial charge < -0.3 is 4.74 Å². The van der Waals surface area contributed by atoms with Crippen LogP contribution in [0.2, 0.25) is 0 Å². The number of aromatic nitrogens is 2. The number of methoxy groups -OCH3 is 1. The van der Waals surface area contributed by atoms with E-state index in [2.05, 4.69) is 27.4 Å². The summed E-state index contributed by atoms with van der Waals surface area (Å²) in [7, 11) is 1.70. The molecule has 0 spiro atoms. The van der Waals surface area contributed by atoms with Gasteiger partial charge in [0.05, 0.1) is 13.2 Å². The summed E-state index contributed by atoms with van der Waals surface area (Å²) < 4.78 is 5.03. The molecule has 0 fully saturated rings. The first-order chi connectivity index (χ1) is 7.30. The maximum Gasteiger partial charge on any atom is 0.219 e. The Kier molecular flexibility index (Phi) is 5.48. The van der Waals surface area contributed by atoms with Gasteiger partial charge in [0, 0.05) is 13.7 Å². The highest BCUT2D eigenvalue weighted by molar-refractivity contribution is 7.15. The van der Waals surface area contributed by atoms with E-state index in [1.54, 1.807) is 7.11 Å². The third kappa shape index (κ3) is 4.08. The highest BCUT2D eigenvalue weighted by Crippen LogP contribution is 2.15. The second kappa shape index (κ2) is 6.67. The molecule has 0 saturated carbocycles. The number of nitrogens with two attached hydrogens (primary N) is 1. The lowest BCUT2D eigenvalue weighted by Gasteiger charge is -2.17. The molecule has 0 radical (unpaired) electrons. The van der Waals surface area contributed by atoms with E-state index in [-0.39, 0.29) is 0 Å². The summed E-state index contributed by atoms with van der Waals surface area (Å²) in [4.78, 5) is 2.24. The number of nitrogens with one attached hydrogen (secondary N) is 1. The first-order valence-corrected chi connectivity index (χ1v) is 5.62. The molecule has 1 aromatic rings. The van der Waals surface area contributed by atoms with Gasteiger partial charge in [-0.15, -0.1) is 10.2 Å². The highest BCUT2D eigenvalue weighted by atomic mass is 32.1. The van der Waals surface area contributed by atoms with Crippen LogP contribution >= 0.6 is 11.3 Å². The van der Waals surface area contributed by atoms with Gasteiger partial charge in [0.1, 0.15) is 5.01 Å². The van der Waals surface area contributed by atoms with Crippen molar-refractivity contribution in [3.63, 3.8) is 0 Å². The Morgan fingerprint density at radius 2 is 2.33 bits per heavy atom. The molecule has 86 valence electrons. The zero-order valence-electron chi connectivity index (χ0n) is 9.06. The van der Waals surface area contributed by atoms with Crippen molar-refractivity contribution in [1.82, 2.24) is 15.1 Å². The first-order valence-electron chi connectivity index (χ1n) is 4.80. The standard InChI is InChI=1S/C8H17N5OS/c1-3-13(4-5-14-2)6-7-11-12-8(10-9)15-7/h3-6,9H2,1-2H3,(H,10,12). The number of ether oxygens (including phenoxy) is 1. The predicted molar refractivity (Wildman–Crippen MR) is 60.5 cm³/mol. The van der Waals surface area contributed by atoms with E-state index >= 15 is 0 Å². The summed E-state index contributed by atoms with van der Waals surface area (Å²) in [5.74, 6) is 5.23. The normalized spacial score (nSPS) is 10.9. The summed E-state index contributed by atoms with van der Waals surface area (Å²) >= 11 is 1.47. The molecule has 0 saturated heterocycles. The molecule has 0 atom stereocenters. The van der Waals surface area contributed by atoms with Gasteiger partial charge in [-0.05, 0) is 6.54 Å². The lowest BCUT2D eigenvalue weighted by Crippen LogP contribution is -2.26. The van der Waals surface area contributed by atoms with Gasteiger partial charge >= 0.3 is 0 Å². The number of hydrogen-bond acceptors (Lipinski definition) is 7. The molecular formula is C8H17N5OS. The van der Waals surface area contributed by atoms with Crippen molar-refractivity contribution in [1.29, 1.82) is 0 Å². The molecule has 0 amide bonds. The minimum Gasteiger partial charge on any atom is -0.383 e. The molecule has 0 aliphatic carbocycles. The fourth-order valence-corrected chi connectivity index (χ4v) is 1.83. The Bertz CT molecular complexity index is 280. The van der Waals surface area contributed by atoms with Crippen molar-refractivity contribution in [2.75, 3.05) is 32.2 Å². The number of anilines is 1. The van der Waals surface area contributed by atoms with Crippen molar-refractivity contribution in [2.24, 2.45) is 5.84 Å². The molecule has 0 aromatic carbocycles. The van der Waals surface area contributed by atoms with Gasteiger partial charge in [-0.2, -0.15) is 0 Å². The number of rotatable bonds is 7. The SMILES string of the molecule is CCN(CCOC)Cc1nnc(NN)s1. The van der Waals surface area contributed by atoms with Gasteiger partial charge in [0.15, 0.2) is 0 Å². The minimum atomic E-state index is 0.646. The van der Waals surface area contributed by atoms with Crippen LogP contribution in [0.25, 0.3) is 0 Å². The zero-order valence-corrected chi connectivity index (χ0v) is 9.88. The largest absolute Gasteiger partial charge is 0.383 e. The van der Waals surface area contributed by atoms with E-state index in [0.29, 0.717) is 5.13 Å². The molecule has 0 aliphatic rings. The summed E-state index contributed by atoms with van der Waals surface area (Å²) in [5.41, 5.74) is 2.48. The molecule has 0 unspecified atom stereocenters. The van der Waals surface area contributed by atoms with E-state index < -0.39 is 0 Å². The molecule has 6 nitrogen and oxygen atoms in total. The van der Waals surface area contributed by atoms with Crippen molar-refractivity contribution >= 4 is 16.5 Å². The van der Waals surface area contributed by atoms with Crippen LogP contribution in [0.3, 0.4) is 0 Å². The van der Waals surface area contributed by atoms with Gasteiger partial charge in [-0.3, -0.25) is 10.3 Å². The average Bonchev–Trinajstić information content (AvgIpc) is 2.71. The number of hydrogen-bond donors (Lipinski definition) is 2. The minimum absolute atomic E-state index is 0.646. The Labute approximate surface area is 93.4 Å². The van der Waals surface area contributed by atoms with Crippen LogP contribution in [0, 0.1) is 0 Å². The van der Waals surface area contributed by atoms with E-state index in [1.165, 1.54) is 11.3 Å². The maximum absolute atomic E-state index is 5.23. The van der Waals surface area contributed by atoms with Crippen LogP contribution in [-0.2, 0) is 11.3 Å². The quantitative estimate of drug-likeness (QED) is 0.519. The molecule has 3 N–H and O–H groups in total. The van der Waals surface area contributed by atoms with Crippen molar-refractivity contribution in [3.05, 3.63) is 5.01 Å². The van der Waals surface area contributed by atoms with Crippen LogP contribution < -0.4 is 11.3 Å². The maximum atomic E-state index is 5.23. The average molecular weight is 231 g/mol. The number of hydrazine groups is 1. The van der Waals surface area contributed by atoms with Crippen LogP contribution in [0.4, 0.5) is 5.13 Å². The Hall–Kier alpha value is -0.760. The van der Waals surface area contributed by atoms with Crippen molar-refractivity contribution in [2.45, 2.75) is 13.5 Å². The molecule has 1 heterocycles. The van der Waals surface area contributed by atoms with Gasteiger partial charge in [0.2, 0.25) is 5.13 Å². The van der Waals surface area contributed by atoms with Gasteiger partial charge in [-0.25, -0.2) is 5.84 Å². The molecule has 0 bridgehead atoms. The zero-order chi connectivity index (χ0) is 11.1. The van der Waals surface area contributed by atoms with E-state index in [1.807, 2.05) is 0 Å². The van der Waals surface area contributed by atoms with E-state index in [9.17, 15) is 0 Å². The summed E-state index contributed by atoms with van der Waals surface area (Å²) in [6.45, 7) is 5.50. The number of likely N-dealkylation sites (N-methyl/N-ethyl adjacent to an activating group) is 1. The van der Waals surface area contributed by atoms with Crippen molar-refractivity contribution < 1.29 is 4.74 Å². The van der Waals surface area contributed by atoms with Crippen LogP contribution in [0.15, 0.2) is 0 Å². The molecule has 0 aliphatic heterocycles. The lowest BCUT2D eigenvalue weighted by atomic mass is 10.5. The van der Waals surface area contributed by atoms with Crippen LogP contribution in [-0.4, -0.2) is 41.9 Å². The van der Waals surface area contributed by atoms with Gasteiger partial charge in [-0.1, -0.05) is 18.3 Å². The van der Waals surface area contributed by atoms with Crippen LogP contribution in [0.1, 0.15) is 11.9 Å². The second-order valence-electron chi connectivity index (χ2n) is 3.01. The second-order valence-corrected chi connectivity index (χ2v) is 4.07. The molecule has 1 rings (SSSR count). The molecule has 7 heteroatoms. The predicted octanol–water partition coefficient (Wildman–Crippen LogP) is 0.292. The highest BCUT2D eigenvalue weighted by Gasteiger charge is 2.08. The Balaban J connectivity index is 2.43. The Morgan fingerprint density at radius 1 is 1.53 bits per heavy atom. The summed E-state index contributed by atoms with van der Waals surface area (Å²) in [6.07, 6.45) is 0.